The van der Waals surface area contributed by atoms with Crippen LogP contribution in [-0.2, 0) is 20.9 Å². The monoisotopic (exact) mass is 384 g/mol. The highest BCUT2D eigenvalue weighted by atomic mass is 16.6. The van der Waals surface area contributed by atoms with Crippen LogP contribution in [-0.4, -0.2) is 30.0 Å². The lowest BCUT2D eigenvalue weighted by atomic mass is 10.2. The van der Waals surface area contributed by atoms with Crippen LogP contribution in [0.15, 0.2) is 54.6 Å². The van der Waals surface area contributed by atoms with Crippen molar-refractivity contribution >= 4 is 23.6 Å². The number of esters is 1. The third-order valence-corrected chi connectivity index (χ3v) is 3.78. The molecular weight excluding hydrogens is 364 g/mol. The van der Waals surface area contributed by atoms with E-state index in [9.17, 15) is 19.7 Å². The number of ether oxygens (including phenoxy) is 2. The molecule has 1 atom stereocenters. The Labute approximate surface area is 161 Å². The third-order valence-electron chi connectivity index (χ3n) is 3.78. The fourth-order valence-corrected chi connectivity index (χ4v) is 2.20. The number of carbonyl (C=O) groups excluding carboxylic acids is 2. The molecule has 0 saturated heterocycles. The molecule has 0 aliphatic heterocycles. The predicted molar refractivity (Wildman–Crippen MR) is 103 cm³/mol. The van der Waals surface area contributed by atoms with Crippen molar-refractivity contribution in [2.45, 2.75) is 19.6 Å². The number of nitro benzene ring substituents is 1. The molecule has 0 aliphatic carbocycles. The Hall–Kier alpha value is -3.68. The van der Waals surface area contributed by atoms with E-state index in [0.29, 0.717) is 11.3 Å². The minimum absolute atomic E-state index is 0.0423. The van der Waals surface area contributed by atoms with Crippen molar-refractivity contribution in [1.29, 1.82) is 0 Å². The second-order valence-electron chi connectivity index (χ2n) is 5.87. The van der Waals surface area contributed by atoms with Gasteiger partial charge in [0.2, 0.25) is 5.91 Å². The van der Waals surface area contributed by atoms with E-state index in [1.807, 2.05) is 0 Å². The summed E-state index contributed by atoms with van der Waals surface area (Å²) >= 11 is 0. The van der Waals surface area contributed by atoms with Crippen molar-refractivity contribution in [1.82, 2.24) is 5.32 Å². The Kier molecular flexibility index (Phi) is 7.27. The van der Waals surface area contributed by atoms with E-state index in [-0.39, 0.29) is 12.3 Å². The Balaban J connectivity index is 1.81. The fraction of sp³-hybridized carbons (Fsp3) is 0.200. The minimum atomic E-state index is -0.842. The Morgan fingerprint density at radius 2 is 1.79 bits per heavy atom. The van der Waals surface area contributed by atoms with Gasteiger partial charge in [0.25, 0.3) is 5.69 Å². The van der Waals surface area contributed by atoms with Crippen LogP contribution in [0.1, 0.15) is 18.1 Å². The highest BCUT2D eigenvalue weighted by Gasteiger charge is 2.16. The SMILES string of the molecule is COc1ccc(/C=C/C(=O)N[C@H](C)C(=O)OCc2ccc([N+](=O)[O-])cc2)cc1. The summed E-state index contributed by atoms with van der Waals surface area (Å²) < 4.78 is 10.2. The largest absolute Gasteiger partial charge is 0.497 e. The van der Waals surface area contributed by atoms with Gasteiger partial charge in [-0.25, -0.2) is 4.79 Å². The van der Waals surface area contributed by atoms with Crippen molar-refractivity contribution in [3.8, 4) is 5.75 Å². The zero-order valence-electron chi connectivity index (χ0n) is 15.5. The number of methoxy groups -OCH3 is 1. The lowest BCUT2D eigenvalue weighted by Gasteiger charge is -2.12. The van der Waals surface area contributed by atoms with Gasteiger partial charge in [-0.05, 0) is 48.4 Å². The van der Waals surface area contributed by atoms with Crippen molar-refractivity contribution in [3.63, 3.8) is 0 Å². The smallest absolute Gasteiger partial charge is 0.328 e. The van der Waals surface area contributed by atoms with Crippen LogP contribution in [0.25, 0.3) is 6.08 Å². The van der Waals surface area contributed by atoms with Crippen LogP contribution < -0.4 is 10.1 Å². The lowest BCUT2D eigenvalue weighted by molar-refractivity contribution is -0.384. The van der Waals surface area contributed by atoms with Crippen LogP contribution in [0.5, 0.6) is 5.75 Å². The topological polar surface area (TPSA) is 108 Å². The van der Waals surface area contributed by atoms with Crippen LogP contribution in [0.4, 0.5) is 5.69 Å². The number of carbonyl (C=O) groups is 2. The summed E-state index contributed by atoms with van der Waals surface area (Å²) in [6, 6.07) is 12.0. The van der Waals surface area contributed by atoms with Crippen LogP contribution in [0, 0.1) is 10.1 Å². The summed E-state index contributed by atoms with van der Waals surface area (Å²) in [6.45, 7) is 1.47. The first-order chi connectivity index (χ1) is 13.4. The van der Waals surface area contributed by atoms with E-state index < -0.39 is 22.8 Å². The number of rotatable bonds is 8. The molecule has 0 heterocycles. The number of nitrogens with zero attached hydrogens (tertiary/aromatic N) is 1. The van der Waals surface area contributed by atoms with Crippen molar-refractivity contribution in [2.24, 2.45) is 0 Å². The van der Waals surface area contributed by atoms with Crippen molar-refractivity contribution in [3.05, 3.63) is 75.8 Å². The van der Waals surface area contributed by atoms with E-state index in [0.717, 1.165) is 5.56 Å². The number of amides is 1. The molecule has 0 saturated carbocycles. The van der Waals surface area contributed by atoms with E-state index in [2.05, 4.69) is 5.32 Å². The highest BCUT2D eigenvalue weighted by Crippen LogP contribution is 2.13. The third kappa shape index (κ3) is 6.24. The predicted octanol–water partition coefficient (Wildman–Crippen LogP) is 2.86. The average Bonchev–Trinajstić information content (AvgIpc) is 2.71. The van der Waals surface area contributed by atoms with Crippen LogP contribution in [0.2, 0.25) is 0 Å². The summed E-state index contributed by atoms with van der Waals surface area (Å²) in [6.07, 6.45) is 2.94. The van der Waals surface area contributed by atoms with Gasteiger partial charge in [0.05, 0.1) is 12.0 Å². The second-order valence-corrected chi connectivity index (χ2v) is 5.87. The molecule has 0 aliphatic rings. The summed E-state index contributed by atoms with van der Waals surface area (Å²) in [7, 11) is 1.57. The van der Waals surface area contributed by atoms with Gasteiger partial charge in [-0.3, -0.25) is 14.9 Å². The minimum Gasteiger partial charge on any atom is -0.497 e. The molecule has 146 valence electrons. The summed E-state index contributed by atoms with van der Waals surface area (Å²) in [5.41, 5.74) is 1.38. The van der Waals surface area contributed by atoms with Crippen LogP contribution >= 0.6 is 0 Å². The number of hydrogen-bond acceptors (Lipinski definition) is 6. The number of nitro groups is 1. The standard InChI is InChI=1S/C20H20N2O6/c1-14(20(24)28-13-16-3-8-17(9-4-16)22(25)26)21-19(23)12-7-15-5-10-18(27-2)11-6-15/h3-12,14H,13H2,1-2H3,(H,21,23)/b12-7+/t14-/m1/s1. The van der Waals surface area contributed by atoms with Crippen LogP contribution in [0.3, 0.4) is 0 Å². The molecule has 0 fully saturated rings. The van der Waals surface area contributed by atoms with Crippen molar-refractivity contribution in [2.75, 3.05) is 7.11 Å². The summed E-state index contributed by atoms with van der Waals surface area (Å²) in [5, 5.41) is 13.1. The Bertz CT molecular complexity index is 859. The van der Waals surface area contributed by atoms with E-state index >= 15 is 0 Å². The zero-order valence-corrected chi connectivity index (χ0v) is 15.5. The number of nitrogens with one attached hydrogen (secondary N) is 1. The second kappa shape index (κ2) is 9.86. The van der Waals surface area contributed by atoms with Gasteiger partial charge in [-0.15, -0.1) is 0 Å². The molecule has 0 bridgehead atoms. The van der Waals surface area contributed by atoms with Gasteiger partial charge < -0.3 is 14.8 Å². The first kappa shape index (κ1) is 20.6. The molecule has 8 nitrogen and oxygen atoms in total. The summed E-state index contributed by atoms with van der Waals surface area (Å²) in [4.78, 5) is 34.0. The fourth-order valence-electron chi connectivity index (χ4n) is 2.20. The molecule has 2 rings (SSSR count). The Morgan fingerprint density at radius 3 is 2.36 bits per heavy atom. The van der Waals surface area contributed by atoms with Gasteiger partial charge in [0, 0.05) is 18.2 Å². The molecule has 2 aromatic carbocycles. The van der Waals surface area contributed by atoms with Gasteiger partial charge in [0.15, 0.2) is 0 Å². The molecule has 0 radical (unpaired) electrons. The molecule has 0 unspecified atom stereocenters. The van der Waals surface area contributed by atoms with E-state index in [4.69, 9.17) is 9.47 Å². The van der Waals surface area contributed by atoms with Gasteiger partial charge in [-0.1, -0.05) is 12.1 Å². The van der Waals surface area contributed by atoms with Gasteiger partial charge in [0.1, 0.15) is 18.4 Å². The zero-order chi connectivity index (χ0) is 20.5. The maximum absolute atomic E-state index is 12.0. The maximum Gasteiger partial charge on any atom is 0.328 e. The molecule has 28 heavy (non-hydrogen) atoms. The average molecular weight is 384 g/mol. The van der Waals surface area contributed by atoms with Gasteiger partial charge >= 0.3 is 5.97 Å². The molecule has 2 aromatic rings. The molecular formula is C20H20N2O6. The molecule has 0 spiro atoms. The maximum atomic E-state index is 12.0. The molecule has 1 amide bonds. The molecule has 8 heteroatoms. The first-order valence-electron chi connectivity index (χ1n) is 8.41. The normalized spacial score (nSPS) is 11.6. The number of hydrogen-bond donors (Lipinski definition) is 1. The molecule has 0 aromatic heterocycles. The quantitative estimate of drug-likeness (QED) is 0.324. The molecule has 1 N–H and O–H groups in total. The Morgan fingerprint density at radius 1 is 1.14 bits per heavy atom. The van der Waals surface area contributed by atoms with E-state index in [1.54, 1.807) is 37.5 Å². The van der Waals surface area contributed by atoms with Gasteiger partial charge in [-0.2, -0.15) is 0 Å². The lowest BCUT2D eigenvalue weighted by Crippen LogP contribution is -2.38. The first-order valence-corrected chi connectivity index (χ1v) is 8.41. The van der Waals surface area contributed by atoms with Crippen molar-refractivity contribution < 1.29 is 24.0 Å². The highest BCUT2D eigenvalue weighted by molar-refractivity contribution is 5.94. The number of benzene rings is 2. The van der Waals surface area contributed by atoms with E-state index in [1.165, 1.54) is 37.3 Å². The summed E-state index contributed by atoms with van der Waals surface area (Å²) in [5.74, 6) is -0.328. The number of non-ortho nitro benzene ring substituents is 1.